The van der Waals surface area contributed by atoms with Gasteiger partial charge in [-0.2, -0.15) is 0 Å². The van der Waals surface area contributed by atoms with Crippen LogP contribution in [0.1, 0.15) is 31.7 Å². The minimum atomic E-state index is -0.595. The fraction of sp³-hybridized carbons (Fsp3) is 0.389. The van der Waals surface area contributed by atoms with E-state index in [0.29, 0.717) is 34.5 Å². The molecular weight excluding hydrogens is 413 g/mol. The molecule has 9 heteroatoms. The van der Waals surface area contributed by atoms with E-state index in [0.717, 1.165) is 15.6 Å². The number of unbranched alkanes of at least 4 members (excludes halogenated alkanes) is 1. The number of alkyl halides is 1. The highest BCUT2D eigenvalue weighted by Crippen LogP contribution is 2.27. The molecule has 27 heavy (non-hydrogen) atoms. The molecule has 0 amide bonds. The number of aromatic nitrogens is 2. The lowest BCUT2D eigenvalue weighted by Gasteiger charge is -2.13. The van der Waals surface area contributed by atoms with Gasteiger partial charge in [-0.15, -0.1) is 11.6 Å². The van der Waals surface area contributed by atoms with Gasteiger partial charge in [0.15, 0.2) is 0 Å². The van der Waals surface area contributed by atoms with Gasteiger partial charge in [0, 0.05) is 30.2 Å². The Morgan fingerprint density at radius 1 is 1.15 bits per heavy atom. The van der Waals surface area contributed by atoms with Crippen molar-refractivity contribution >= 4 is 46.7 Å². The molecule has 2 rings (SSSR count). The van der Waals surface area contributed by atoms with Gasteiger partial charge in [-0.25, -0.2) is 4.79 Å². The molecule has 0 spiro atoms. The van der Waals surface area contributed by atoms with E-state index in [1.807, 2.05) is 6.92 Å². The average molecular weight is 433 g/mol. The molecule has 0 aliphatic heterocycles. The third-order valence-electron chi connectivity index (χ3n) is 3.93. The van der Waals surface area contributed by atoms with E-state index >= 15 is 0 Å². The Morgan fingerprint density at radius 2 is 1.85 bits per heavy atom. The van der Waals surface area contributed by atoms with Crippen LogP contribution in [0.25, 0.3) is 0 Å². The third kappa shape index (κ3) is 5.15. The standard InChI is InChI=1S/C18H20Cl3N3O3/c1-2-3-8-23-16(25)13(17(26)24(18(23)27)9-4-7-19)11-22-15-6-5-12(20)10-14(15)21/h5-6,10-11,26H,2-4,7-9H2,1H3. The predicted molar refractivity (Wildman–Crippen MR) is 111 cm³/mol. The van der Waals surface area contributed by atoms with Crippen molar-refractivity contribution in [2.75, 3.05) is 5.88 Å². The minimum Gasteiger partial charge on any atom is -0.494 e. The first-order valence-corrected chi connectivity index (χ1v) is 9.81. The zero-order valence-corrected chi connectivity index (χ0v) is 17.1. The van der Waals surface area contributed by atoms with Crippen molar-refractivity contribution in [2.45, 2.75) is 39.3 Å². The van der Waals surface area contributed by atoms with Crippen LogP contribution in [0, 0.1) is 0 Å². The van der Waals surface area contributed by atoms with Gasteiger partial charge in [0.1, 0.15) is 5.56 Å². The lowest BCUT2D eigenvalue weighted by Crippen LogP contribution is -2.41. The van der Waals surface area contributed by atoms with Crippen LogP contribution < -0.4 is 11.2 Å². The Morgan fingerprint density at radius 3 is 2.48 bits per heavy atom. The molecule has 0 atom stereocenters. The summed E-state index contributed by atoms with van der Waals surface area (Å²) >= 11 is 17.7. The van der Waals surface area contributed by atoms with Gasteiger partial charge in [0.25, 0.3) is 5.56 Å². The summed E-state index contributed by atoms with van der Waals surface area (Å²) < 4.78 is 2.26. The van der Waals surface area contributed by atoms with E-state index in [4.69, 9.17) is 34.8 Å². The van der Waals surface area contributed by atoms with Gasteiger partial charge in [-0.05, 0) is 31.0 Å². The summed E-state index contributed by atoms with van der Waals surface area (Å²) in [5, 5.41) is 11.2. The minimum absolute atomic E-state index is 0.0775. The SMILES string of the molecule is CCCCn1c(=O)c(C=Nc2ccc(Cl)cc2Cl)c(O)n(CCCCl)c1=O. The predicted octanol–water partition coefficient (Wildman–Crippen LogP) is 4.20. The summed E-state index contributed by atoms with van der Waals surface area (Å²) in [5.41, 5.74) is -0.843. The second kappa shape index (κ2) is 9.97. The smallest absolute Gasteiger partial charge is 0.333 e. The summed E-state index contributed by atoms with van der Waals surface area (Å²) in [6, 6.07) is 4.73. The van der Waals surface area contributed by atoms with Crippen LogP contribution in [0.4, 0.5) is 5.69 Å². The molecule has 6 nitrogen and oxygen atoms in total. The summed E-state index contributed by atoms with van der Waals surface area (Å²) in [5.74, 6) is -0.110. The second-order valence-electron chi connectivity index (χ2n) is 5.88. The van der Waals surface area contributed by atoms with E-state index in [2.05, 4.69) is 4.99 Å². The summed E-state index contributed by atoms with van der Waals surface area (Å²) in [6.07, 6.45) is 3.17. The molecule has 0 fully saturated rings. The number of benzene rings is 1. The quantitative estimate of drug-likeness (QED) is 0.501. The molecule has 1 aromatic carbocycles. The molecule has 0 aliphatic carbocycles. The Balaban J connectivity index is 2.57. The van der Waals surface area contributed by atoms with Gasteiger partial charge in [-0.3, -0.25) is 18.9 Å². The molecule has 2 aromatic rings. The Labute approximate surface area is 171 Å². The first kappa shape index (κ1) is 21.5. The molecule has 0 bridgehead atoms. The molecule has 0 aliphatic rings. The zero-order valence-electron chi connectivity index (χ0n) is 14.8. The molecular formula is C18H20Cl3N3O3. The number of aliphatic imine (C=N–C) groups is 1. The molecule has 1 N–H and O–H groups in total. The highest BCUT2D eigenvalue weighted by Gasteiger charge is 2.17. The molecule has 0 saturated heterocycles. The van der Waals surface area contributed by atoms with Gasteiger partial charge in [0.05, 0.1) is 10.7 Å². The second-order valence-corrected chi connectivity index (χ2v) is 7.10. The lowest BCUT2D eigenvalue weighted by molar-refractivity contribution is 0.384. The number of halogens is 3. The third-order valence-corrected chi connectivity index (χ3v) is 4.73. The van der Waals surface area contributed by atoms with Crippen LogP contribution in [0.2, 0.25) is 10.0 Å². The van der Waals surface area contributed by atoms with Crippen LogP contribution in [0.15, 0.2) is 32.8 Å². The Bertz CT molecular complexity index is 951. The van der Waals surface area contributed by atoms with Crippen molar-refractivity contribution in [2.24, 2.45) is 4.99 Å². The van der Waals surface area contributed by atoms with Crippen LogP contribution in [-0.2, 0) is 13.1 Å². The van der Waals surface area contributed by atoms with E-state index in [9.17, 15) is 14.7 Å². The summed E-state index contributed by atoms with van der Waals surface area (Å²) in [6.45, 7) is 2.42. The van der Waals surface area contributed by atoms with Crippen LogP contribution in [0.5, 0.6) is 5.88 Å². The van der Waals surface area contributed by atoms with Gasteiger partial charge in [-0.1, -0.05) is 36.5 Å². The van der Waals surface area contributed by atoms with E-state index in [1.165, 1.54) is 12.3 Å². The largest absolute Gasteiger partial charge is 0.494 e. The molecule has 0 radical (unpaired) electrons. The number of hydrogen-bond donors (Lipinski definition) is 1. The van der Waals surface area contributed by atoms with Crippen molar-refractivity contribution in [3.05, 3.63) is 54.6 Å². The Kier molecular flexibility index (Phi) is 7.95. The fourth-order valence-electron chi connectivity index (χ4n) is 2.48. The van der Waals surface area contributed by atoms with Crippen molar-refractivity contribution < 1.29 is 5.11 Å². The fourth-order valence-corrected chi connectivity index (χ4v) is 3.05. The van der Waals surface area contributed by atoms with E-state index < -0.39 is 17.1 Å². The maximum Gasteiger partial charge on any atom is 0.333 e. The highest BCUT2D eigenvalue weighted by molar-refractivity contribution is 6.36. The summed E-state index contributed by atoms with van der Waals surface area (Å²) in [7, 11) is 0. The van der Waals surface area contributed by atoms with E-state index in [-0.39, 0.29) is 18.7 Å². The summed E-state index contributed by atoms with van der Waals surface area (Å²) in [4.78, 5) is 29.5. The number of nitrogens with zero attached hydrogens (tertiary/aromatic N) is 3. The van der Waals surface area contributed by atoms with E-state index in [1.54, 1.807) is 12.1 Å². The first-order valence-electron chi connectivity index (χ1n) is 8.52. The normalized spacial score (nSPS) is 11.4. The first-order chi connectivity index (χ1) is 12.9. The lowest BCUT2D eigenvalue weighted by atomic mass is 10.3. The number of aromatic hydroxyl groups is 1. The molecule has 1 heterocycles. The molecule has 1 aromatic heterocycles. The highest BCUT2D eigenvalue weighted by atomic mass is 35.5. The molecule has 0 unspecified atom stereocenters. The maximum absolute atomic E-state index is 12.7. The van der Waals surface area contributed by atoms with Gasteiger partial charge < -0.3 is 5.11 Å². The number of hydrogen-bond acceptors (Lipinski definition) is 4. The molecule has 146 valence electrons. The van der Waals surface area contributed by atoms with Crippen molar-refractivity contribution in [3.8, 4) is 5.88 Å². The average Bonchev–Trinajstić information content (AvgIpc) is 2.63. The number of rotatable bonds is 8. The monoisotopic (exact) mass is 431 g/mol. The maximum atomic E-state index is 12.7. The zero-order chi connectivity index (χ0) is 20.0. The molecule has 0 saturated carbocycles. The van der Waals surface area contributed by atoms with Crippen molar-refractivity contribution in [1.82, 2.24) is 9.13 Å². The van der Waals surface area contributed by atoms with Gasteiger partial charge >= 0.3 is 5.69 Å². The topological polar surface area (TPSA) is 76.6 Å². The Hall–Kier alpha value is -1.76. The van der Waals surface area contributed by atoms with Crippen molar-refractivity contribution in [1.29, 1.82) is 0 Å². The van der Waals surface area contributed by atoms with Gasteiger partial charge in [0.2, 0.25) is 5.88 Å². The van der Waals surface area contributed by atoms with Crippen LogP contribution in [0.3, 0.4) is 0 Å². The van der Waals surface area contributed by atoms with Crippen molar-refractivity contribution in [3.63, 3.8) is 0 Å². The van der Waals surface area contributed by atoms with Crippen LogP contribution in [-0.4, -0.2) is 26.3 Å². The van der Waals surface area contributed by atoms with Crippen LogP contribution >= 0.6 is 34.8 Å².